The molecule has 4 rings (SSSR count). The number of hydrogen-bond acceptors (Lipinski definition) is 5. The van der Waals surface area contributed by atoms with Crippen LogP contribution < -0.4 is 0 Å². The van der Waals surface area contributed by atoms with E-state index in [9.17, 15) is 18.4 Å². The van der Waals surface area contributed by atoms with Crippen molar-refractivity contribution in [3.05, 3.63) is 70.8 Å². The number of esters is 1. The Bertz CT molecular complexity index is 1160. The maximum Gasteiger partial charge on any atom is 0.410 e. The number of aryl methyl sites for hydroxylation is 1. The number of hydrogen-bond donors (Lipinski definition) is 0. The molecule has 2 aliphatic rings. The molecule has 2 atom stereocenters. The summed E-state index contributed by atoms with van der Waals surface area (Å²) in [6.45, 7) is 11.3. The molecule has 1 aliphatic carbocycles. The summed E-state index contributed by atoms with van der Waals surface area (Å²) >= 11 is 0. The van der Waals surface area contributed by atoms with Crippen LogP contribution in [0.2, 0.25) is 0 Å². The molecule has 0 aromatic heterocycles. The third-order valence-corrected chi connectivity index (χ3v) is 7.72. The lowest BCUT2D eigenvalue weighted by atomic mass is 9.95. The summed E-state index contributed by atoms with van der Waals surface area (Å²) in [6, 6.07) is 11.6. The Labute approximate surface area is 236 Å². The van der Waals surface area contributed by atoms with Crippen LogP contribution in [0.25, 0.3) is 0 Å². The van der Waals surface area contributed by atoms with Gasteiger partial charge >= 0.3 is 12.1 Å². The van der Waals surface area contributed by atoms with E-state index < -0.39 is 17.2 Å². The second-order valence-electron chi connectivity index (χ2n) is 12.0. The normalized spacial score (nSPS) is 19.8. The third kappa shape index (κ3) is 8.26. The molecule has 1 saturated carbocycles. The first kappa shape index (κ1) is 30.0. The number of nitrogens with zero attached hydrogens (tertiary/aromatic N) is 2. The number of likely N-dealkylation sites (tertiary alicyclic amines) is 1. The number of amides is 1. The first-order chi connectivity index (χ1) is 19.0. The van der Waals surface area contributed by atoms with E-state index >= 15 is 0 Å². The highest BCUT2D eigenvalue weighted by Crippen LogP contribution is 2.46. The molecule has 40 heavy (non-hydrogen) atoms. The minimum absolute atomic E-state index is 0.00550. The molecule has 1 amide bonds. The van der Waals surface area contributed by atoms with E-state index in [0.717, 1.165) is 63.4 Å². The Morgan fingerprint density at radius 1 is 1.02 bits per heavy atom. The second-order valence-corrected chi connectivity index (χ2v) is 12.0. The zero-order valence-corrected chi connectivity index (χ0v) is 24.1. The molecule has 2 aromatic rings. The number of rotatable bonds is 10. The average Bonchev–Trinajstić information content (AvgIpc) is 3.70. The van der Waals surface area contributed by atoms with E-state index in [1.54, 1.807) is 13.0 Å². The summed E-state index contributed by atoms with van der Waals surface area (Å²) < 4.78 is 38.1. The van der Waals surface area contributed by atoms with Crippen LogP contribution in [0.15, 0.2) is 42.5 Å². The van der Waals surface area contributed by atoms with Crippen LogP contribution >= 0.6 is 0 Å². The lowest BCUT2D eigenvalue weighted by Gasteiger charge is -2.36. The molecule has 8 heteroatoms. The molecule has 1 aliphatic heterocycles. The predicted octanol–water partition coefficient (Wildman–Crippen LogP) is 6.58. The first-order valence-corrected chi connectivity index (χ1v) is 14.5. The van der Waals surface area contributed by atoms with Crippen LogP contribution in [0.4, 0.5) is 13.6 Å². The van der Waals surface area contributed by atoms with Gasteiger partial charge in [0, 0.05) is 18.5 Å². The molecule has 218 valence electrons. The molecule has 0 spiro atoms. The Hall–Kier alpha value is -3.00. The standard InChI is InChI=1S/C32H42F2N2O4/c1-5-39-30(37)24-10-8-22(9-11-24)7-6-16-35-17-14-23(15-18-35)21-36(31(38)40-32(2,3)4)29-20-26(29)25-12-13-27(33)28(34)19-25/h8-13,19,23,26,29H,5-7,14-18,20-21H2,1-4H3. The van der Waals surface area contributed by atoms with Crippen LogP contribution in [-0.2, 0) is 15.9 Å². The highest BCUT2D eigenvalue weighted by molar-refractivity contribution is 5.89. The van der Waals surface area contributed by atoms with Gasteiger partial charge in [-0.2, -0.15) is 0 Å². The lowest BCUT2D eigenvalue weighted by molar-refractivity contribution is 0.0171. The highest BCUT2D eigenvalue weighted by Gasteiger charge is 2.47. The molecular formula is C32H42F2N2O4. The van der Waals surface area contributed by atoms with Crippen LogP contribution in [0.1, 0.15) is 80.8 Å². The number of halogens is 2. The van der Waals surface area contributed by atoms with Gasteiger partial charge in [0.15, 0.2) is 11.6 Å². The van der Waals surface area contributed by atoms with Crippen molar-refractivity contribution < 1.29 is 27.8 Å². The van der Waals surface area contributed by atoms with E-state index in [4.69, 9.17) is 9.47 Å². The summed E-state index contributed by atoms with van der Waals surface area (Å²) in [7, 11) is 0. The zero-order valence-electron chi connectivity index (χ0n) is 24.1. The molecule has 0 bridgehead atoms. The molecule has 2 aromatic carbocycles. The predicted molar refractivity (Wildman–Crippen MR) is 150 cm³/mol. The Kier molecular flexibility index (Phi) is 9.82. The fourth-order valence-electron chi connectivity index (χ4n) is 5.49. The number of piperidine rings is 1. The summed E-state index contributed by atoms with van der Waals surface area (Å²) in [6.07, 6.45) is 4.36. The molecule has 0 N–H and O–H groups in total. The monoisotopic (exact) mass is 556 g/mol. The Morgan fingerprint density at radius 3 is 2.35 bits per heavy atom. The maximum atomic E-state index is 13.8. The fourth-order valence-corrected chi connectivity index (χ4v) is 5.49. The summed E-state index contributed by atoms with van der Waals surface area (Å²) in [5, 5.41) is 0. The summed E-state index contributed by atoms with van der Waals surface area (Å²) in [5.41, 5.74) is 1.90. The van der Waals surface area contributed by atoms with Crippen molar-refractivity contribution in [3.8, 4) is 0 Å². The topological polar surface area (TPSA) is 59.1 Å². The quantitative estimate of drug-likeness (QED) is 0.310. The van der Waals surface area contributed by atoms with Gasteiger partial charge in [-0.1, -0.05) is 18.2 Å². The van der Waals surface area contributed by atoms with Gasteiger partial charge in [-0.25, -0.2) is 18.4 Å². The Morgan fingerprint density at radius 2 is 1.73 bits per heavy atom. The molecule has 2 unspecified atom stereocenters. The van der Waals surface area contributed by atoms with E-state index in [2.05, 4.69) is 4.90 Å². The van der Waals surface area contributed by atoms with Crippen molar-refractivity contribution >= 4 is 12.1 Å². The molecule has 2 fully saturated rings. The van der Waals surface area contributed by atoms with Gasteiger partial charge in [0.1, 0.15) is 5.60 Å². The summed E-state index contributed by atoms with van der Waals surface area (Å²) in [5.74, 6) is -1.64. The molecule has 0 radical (unpaired) electrons. The zero-order chi connectivity index (χ0) is 28.9. The highest BCUT2D eigenvalue weighted by atomic mass is 19.2. The SMILES string of the molecule is CCOC(=O)c1ccc(CCCN2CCC(CN(C(=O)OC(C)(C)C)C3CC3c3ccc(F)c(F)c3)CC2)cc1. The van der Waals surface area contributed by atoms with Crippen molar-refractivity contribution in [1.29, 1.82) is 0 Å². The van der Waals surface area contributed by atoms with Gasteiger partial charge in [-0.05, 0) is 121 Å². The largest absolute Gasteiger partial charge is 0.462 e. The van der Waals surface area contributed by atoms with E-state index in [1.165, 1.54) is 11.6 Å². The number of carbonyl (C=O) groups excluding carboxylic acids is 2. The minimum atomic E-state index is -0.858. The smallest absolute Gasteiger partial charge is 0.410 e. The molecule has 1 saturated heterocycles. The van der Waals surface area contributed by atoms with E-state index in [0.29, 0.717) is 24.6 Å². The van der Waals surface area contributed by atoms with E-state index in [-0.39, 0.29) is 24.0 Å². The first-order valence-electron chi connectivity index (χ1n) is 14.5. The Balaban J connectivity index is 1.26. The third-order valence-electron chi connectivity index (χ3n) is 7.72. The fraction of sp³-hybridized carbons (Fsp3) is 0.562. The van der Waals surface area contributed by atoms with Gasteiger partial charge < -0.3 is 19.3 Å². The van der Waals surface area contributed by atoms with Crippen LogP contribution in [-0.4, -0.2) is 66.3 Å². The maximum absolute atomic E-state index is 13.8. The number of carbonyl (C=O) groups is 2. The van der Waals surface area contributed by atoms with Crippen LogP contribution in [0.3, 0.4) is 0 Å². The second kappa shape index (κ2) is 13.1. The van der Waals surface area contributed by atoms with Gasteiger partial charge in [-0.15, -0.1) is 0 Å². The van der Waals surface area contributed by atoms with Crippen molar-refractivity contribution in [2.75, 3.05) is 32.8 Å². The van der Waals surface area contributed by atoms with Crippen LogP contribution in [0.5, 0.6) is 0 Å². The summed E-state index contributed by atoms with van der Waals surface area (Å²) in [4.78, 5) is 29.3. The van der Waals surface area contributed by atoms with Gasteiger partial charge in [-0.3, -0.25) is 0 Å². The minimum Gasteiger partial charge on any atom is -0.462 e. The average molecular weight is 557 g/mol. The van der Waals surface area contributed by atoms with Crippen molar-refractivity contribution in [2.24, 2.45) is 5.92 Å². The lowest BCUT2D eigenvalue weighted by Crippen LogP contribution is -2.44. The molecule has 6 nitrogen and oxygen atoms in total. The van der Waals surface area contributed by atoms with Gasteiger partial charge in [0.2, 0.25) is 0 Å². The van der Waals surface area contributed by atoms with Crippen LogP contribution in [0, 0.1) is 17.6 Å². The van der Waals surface area contributed by atoms with Crippen molar-refractivity contribution in [1.82, 2.24) is 9.80 Å². The molecule has 1 heterocycles. The number of benzene rings is 2. The number of ether oxygens (including phenoxy) is 2. The molecular weight excluding hydrogens is 514 g/mol. The van der Waals surface area contributed by atoms with Gasteiger partial charge in [0.25, 0.3) is 0 Å². The van der Waals surface area contributed by atoms with Crippen molar-refractivity contribution in [2.45, 2.75) is 77.4 Å². The van der Waals surface area contributed by atoms with E-state index in [1.807, 2.05) is 49.9 Å². The van der Waals surface area contributed by atoms with Crippen molar-refractivity contribution in [3.63, 3.8) is 0 Å². The van der Waals surface area contributed by atoms with Gasteiger partial charge in [0.05, 0.1) is 12.2 Å².